The smallest absolute Gasteiger partial charge is 0.00163 e. The molecule has 0 saturated carbocycles. The van der Waals surface area contributed by atoms with E-state index in [0.717, 1.165) is 11.8 Å². The lowest BCUT2D eigenvalue weighted by Crippen LogP contribution is -2.41. The van der Waals surface area contributed by atoms with Crippen LogP contribution in [0.4, 0.5) is 0 Å². The summed E-state index contributed by atoms with van der Waals surface area (Å²) in [5.74, 6) is 1.94. The molecule has 0 amide bonds. The Kier molecular flexibility index (Phi) is 5.57. The molecule has 13 heavy (non-hydrogen) atoms. The second kappa shape index (κ2) is 5.61. The summed E-state index contributed by atoms with van der Waals surface area (Å²) < 4.78 is 0. The van der Waals surface area contributed by atoms with Crippen molar-refractivity contribution in [3.05, 3.63) is 0 Å². The van der Waals surface area contributed by atoms with E-state index in [9.17, 15) is 0 Å². The van der Waals surface area contributed by atoms with E-state index in [1.165, 1.54) is 26.2 Å². The molecule has 0 aromatic rings. The fourth-order valence-corrected chi connectivity index (χ4v) is 2.02. The molecule has 0 spiro atoms. The number of hydrogen-bond acceptors (Lipinski definition) is 2. The van der Waals surface area contributed by atoms with Crippen LogP contribution in [0.3, 0.4) is 0 Å². The molecule has 2 aliphatic rings. The largest absolute Gasteiger partial charge is 0.306 e. The summed E-state index contributed by atoms with van der Waals surface area (Å²) in [5, 5.41) is 0. The standard InChI is InChI=1S/2C5H11N.CH4/c2*1-5-3-6(2)4-5;/h2*5H,3-4H2,1-2H3;1H4. The van der Waals surface area contributed by atoms with Gasteiger partial charge in [0, 0.05) is 26.2 Å². The molecule has 2 nitrogen and oxygen atoms in total. The molecule has 0 aromatic carbocycles. The average molecular weight is 186 g/mol. The minimum atomic E-state index is 0. The predicted octanol–water partition coefficient (Wildman–Crippen LogP) is 1.77. The van der Waals surface area contributed by atoms with Crippen LogP contribution >= 0.6 is 0 Å². The van der Waals surface area contributed by atoms with Crippen molar-refractivity contribution in [2.24, 2.45) is 11.8 Å². The molecule has 2 heterocycles. The second-order valence-electron chi connectivity index (χ2n) is 4.65. The van der Waals surface area contributed by atoms with E-state index in [2.05, 4.69) is 37.7 Å². The Hall–Kier alpha value is -0.0800. The third-order valence-electron chi connectivity index (χ3n) is 2.49. The van der Waals surface area contributed by atoms with Crippen molar-refractivity contribution < 1.29 is 0 Å². The molecule has 0 atom stereocenters. The van der Waals surface area contributed by atoms with E-state index >= 15 is 0 Å². The molecule has 2 fully saturated rings. The van der Waals surface area contributed by atoms with Crippen molar-refractivity contribution in [3.63, 3.8) is 0 Å². The Morgan fingerprint density at radius 3 is 1.00 bits per heavy atom. The molecule has 2 saturated heterocycles. The molecule has 0 N–H and O–H groups in total. The van der Waals surface area contributed by atoms with Gasteiger partial charge in [0.15, 0.2) is 0 Å². The Morgan fingerprint density at radius 1 is 0.769 bits per heavy atom. The van der Waals surface area contributed by atoms with E-state index in [1.807, 2.05) is 0 Å². The van der Waals surface area contributed by atoms with Crippen molar-refractivity contribution in [2.75, 3.05) is 40.3 Å². The van der Waals surface area contributed by atoms with Gasteiger partial charge < -0.3 is 9.80 Å². The third kappa shape index (κ3) is 4.63. The van der Waals surface area contributed by atoms with Gasteiger partial charge in [0.05, 0.1) is 0 Å². The molecule has 2 heteroatoms. The van der Waals surface area contributed by atoms with Gasteiger partial charge in [-0.3, -0.25) is 0 Å². The van der Waals surface area contributed by atoms with Gasteiger partial charge in [-0.1, -0.05) is 21.3 Å². The predicted molar refractivity (Wildman–Crippen MR) is 60.1 cm³/mol. The normalized spacial score (nSPS) is 24.9. The maximum atomic E-state index is 2.32. The Bertz CT molecular complexity index is 96.1. The van der Waals surface area contributed by atoms with Gasteiger partial charge in [0.25, 0.3) is 0 Å². The zero-order valence-corrected chi connectivity index (χ0v) is 8.88. The highest BCUT2D eigenvalue weighted by atomic mass is 15.2. The monoisotopic (exact) mass is 186 g/mol. The van der Waals surface area contributed by atoms with Crippen molar-refractivity contribution in [1.29, 1.82) is 0 Å². The Labute approximate surface area is 83.9 Å². The van der Waals surface area contributed by atoms with Crippen molar-refractivity contribution in [3.8, 4) is 0 Å². The fourth-order valence-electron chi connectivity index (χ4n) is 2.02. The summed E-state index contributed by atoms with van der Waals surface area (Å²) in [6.45, 7) is 9.78. The van der Waals surface area contributed by atoms with E-state index in [0.29, 0.717) is 0 Å². The number of nitrogens with zero attached hydrogens (tertiary/aromatic N) is 2. The summed E-state index contributed by atoms with van der Waals surface area (Å²) in [4.78, 5) is 4.65. The van der Waals surface area contributed by atoms with E-state index in [1.54, 1.807) is 0 Å². The van der Waals surface area contributed by atoms with Crippen LogP contribution in [0.25, 0.3) is 0 Å². The maximum absolute atomic E-state index is 2.32. The van der Waals surface area contributed by atoms with E-state index in [-0.39, 0.29) is 7.43 Å². The fraction of sp³-hybridized carbons (Fsp3) is 1.00. The first-order chi connectivity index (χ1) is 5.58. The topological polar surface area (TPSA) is 6.48 Å². The molecule has 0 unspecified atom stereocenters. The van der Waals surface area contributed by atoms with Crippen molar-refractivity contribution in [1.82, 2.24) is 9.80 Å². The molecule has 0 aromatic heterocycles. The summed E-state index contributed by atoms with van der Waals surface area (Å²) in [7, 11) is 4.31. The highest BCUT2D eigenvalue weighted by molar-refractivity contribution is 4.71. The van der Waals surface area contributed by atoms with Crippen LogP contribution in [-0.4, -0.2) is 50.1 Å². The van der Waals surface area contributed by atoms with Crippen LogP contribution in [0.2, 0.25) is 0 Å². The van der Waals surface area contributed by atoms with E-state index < -0.39 is 0 Å². The Morgan fingerprint density at radius 2 is 1.00 bits per heavy atom. The Balaban J connectivity index is 0.000000206. The van der Waals surface area contributed by atoms with E-state index in [4.69, 9.17) is 0 Å². The first-order valence-corrected chi connectivity index (χ1v) is 4.95. The summed E-state index contributed by atoms with van der Waals surface area (Å²) in [6.07, 6.45) is 0. The van der Waals surface area contributed by atoms with Crippen LogP contribution in [0.15, 0.2) is 0 Å². The third-order valence-corrected chi connectivity index (χ3v) is 2.49. The van der Waals surface area contributed by atoms with Crippen molar-refractivity contribution in [2.45, 2.75) is 21.3 Å². The lowest BCUT2D eigenvalue weighted by Gasteiger charge is -2.33. The van der Waals surface area contributed by atoms with Gasteiger partial charge in [-0.05, 0) is 25.9 Å². The molecular weight excluding hydrogens is 160 g/mol. The molecule has 0 aliphatic carbocycles. The lowest BCUT2D eigenvalue weighted by atomic mass is 10.1. The summed E-state index contributed by atoms with van der Waals surface area (Å²) in [5.41, 5.74) is 0. The maximum Gasteiger partial charge on any atom is 0.00163 e. The number of likely N-dealkylation sites (tertiary alicyclic amines) is 2. The number of hydrogen-bond donors (Lipinski definition) is 0. The van der Waals surface area contributed by atoms with Crippen LogP contribution in [0, 0.1) is 11.8 Å². The highest BCUT2D eigenvalue weighted by Crippen LogP contribution is 2.09. The minimum absolute atomic E-state index is 0. The van der Waals surface area contributed by atoms with Crippen molar-refractivity contribution >= 4 is 0 Å². The lowest BCUT2D eigenvalue weighted by molar-refractivity contribution is 0.149. The van der Waals surface area contributed by atoms with Crippen LogP contribution in [0.5, 0.6) is 0 Å². The highest BCUT2D eigenvalue weighted by Gasteiger charge is 2.17. The molecule has 0 radical (unpaired) electrons. The second-order valence-corrected chi connectivity index (χ2v) is 4.65. The summed E-state index contributed by atoms with van der Waals surface area (Å²) in [6, 6.07) is 0. The van der Waals surface area contributed by atoms with Gasteiger partial charge >= 0.3 is 0 Å². The zero-order chi connectivity index (χ0) is 9.14. The molecule has 2 aliphatic heterocycles. The van der Waals surface area contributed by atoms with Gasteiger partial charge in [0.2, 0.25) is 0 Å². The average Bonchev–Trinajstić information content (AvgIpc) is 1.84. The van der Waals surface area contributed by atoms with Crippen LogP contribution < -0.4 is 0 Å². The van der Waals surface area contributed by atoms with Gasteiger partial charge in [0.1, 0.15) is 0 Å². The molecule has 0 bridgehead atoms. The van der Waals surface area contributed by atoms with Gasteiger partial charge in [-0.25, -0.2) is 0 Å². The minimum Gasteiger partial charge on any atom is -0.306 e. The zero-order valence-electron chi connectivity index (χ0n) is 8.88. The van der Waals surface area contributed by atoms with Gasteiger partial charge in [-0.2, -0.15) is 0 Å². The molecular formula is C11H26N2. The van der Waals surface area contributed by atoms with Crippen LogP contribution in [0.1, 0.15) is 21.3 Å². The molecule has 80 valence electrons. The summed E-state index contributed by atoms with van der Waals surface area (Å²) >= 11 is 0. The van der Waals surface area contributed by atoms with Gasteiger partial charge in [-0.15, -0.1) is 0 Å². The first-order valence-electron chi connectivity index (χ1n) is 4.95. The number of rotatable bonds is 0. The SMILES string of the molecule is C.CC1CN(C)C1.CC1CN(C)C1. The quantitative estimate of drug-likeness (QED) is 0.569. The van der Waals surface area contributed by atoms with Crippen LogP contribution in [-0.2, 0) is 0 Å². The first kappa shape index (κ1) is 12.9. The molecule has 2 rings (SSSR count).